The van der Waals surface area contributed by atoms with Gasteiger partial charge in [0.05, 0.1) is 24.4 Å². The highest BCUT2D eigenvalue weighted by molar-refractivity contribution is 6.00. The molecule has 7 rings (SSSR count). The van der Waals surface area contributed by atoms with Gasteiger partial charge in [-0.2, -0.15) is 18.4 Å². The highest BCUT2D eigenvalue weighted by atomic mass is 19.4. The molecule has 3 heterocycles. The van der Waals surface area contributed by atoms with Gasteiger partial charge in [-0.15, -0.1) is 0 Å². The number of nitriles is 1. The van der Waals surface area contributed by atoms with Crippen LogP contribution in [0, 0.1) is 17.1 Å². The summed E-state index contributed by atoms with van der Waals surface area (Å²) in [6, 6.07) is 13.9. The molecule has 2 aromatic heterocycles. The number of nitrogens with zero attached hydrogens (tertiary/aromatic N) is 3. The Labute approximate surface area is 277 Å². The van der Waals surface area contributed by atoms with Gasteiger partial charge in [0.1, 0.15) is 46.1 Å². The van der Waals surface area contributed by atoms with Gasteiger partial charge >= 0.3 is 6.18 Å². The number of fused-ring (bicyclic) bond motifs is 2. The molecule has 2 amide bonds. The predicted molar refractivity (Wildman–Crippen MR) is 166 cm³/mol. The molecule has 2 aliphatic carbocycles. The summed E-state index contributed by atoms with van der Waals surface area (Å²) in [5.41, 5.74) is -6.94. The minimum absolute atomic E-state index is 0.0151. The minimum atomic E-state index is -5.38. The molecule has 2 fully saturated rings. The molecule has 4 aromatic rings. The first-order valence-electron chi connectivity index (χ1n) is 15.6. The van der Waals surface area contributed by atoms with E-state index in [1.54, 1.807) is 18.3 Å². The maximum atomic E-state index is 15.0. The normalized spacial score (nSPS) is 20.3. The number of aliphatic hydroxyl groups is 1. The van der Waals surface area contributed by atoms with Gasteiger partial charge in [0, 0.05) is 28.3 Å². The van der Waals surface area contributed by atoms with Crippen molar-refractivity contribution < 1.29 is 41.7 Å². The lowest BCUT2D eigenvalue weighted by Gasteiger charge is -2.32. The van der Waals surface area contributed by atoms with Gasteiger partial charge < -0.3 is 25.2 Å². The molecule has 49 heavy (non-hydrogen) atoms. The van der Waals surface area contributed by atoms with E-state index in [0.717, 1.165) is 31.0 Å². The average Bonchev–Trinajstić information content (AvgIpc) is 4.02. The highest BCUT2D eigenvalue weighted by Crippen LogP contribution is 2.48. The molecule has 14 heteroatoms. The third kappa shape index (κ3) is 5.78. The smallest absolute Gasteiger partial charge is 0.424 e. The van der Waals surface area contributed by atoms with Gasteiger partial charge in [0.15, 0.2) is 0 Å². The van der Waals surface area contributed by atoms with Crippen LogP contribution < -0.4 is 20.1 Å². The van der Waals surface area contributed by atoms with Crippen LogP contribution in [0.25, 0.3) is 22.2 Å². The summed E-state index contributed by atoms with van der Waals surface area (Å²) in [5, 5.41) is 26.4. The van der Waals surface area contributed by atoms with E-state index in [2.05, 4.69) is 26.7 Å². The largest absolute Gasteiger partial charge is 0.489 e. The third-order valence-corrected chi connectivity index (χ3v) is 9.16. The molecule has 1 unspecified atom stereocenters. The zero-order valence-corrected chi connectivity index (χ0v) is 26.0. The molecule has 252 valence electrons. The van der Waals surface area contributed by atoms with E-state index < -0.39 is 52.6 Å². The Bertz CT molecular complexity index is 2040. The van der Waals surface area contributed by atoms with Gasteiger partial charge in [-0.05, 0) is 81.1 Å². The van der Waals surface area contributed by atoms with Crippen molar-refractivity contribution in [2.75, 3.05) is 13.2 Å². The fourth-order valence-electron chi connectivity index (χ4n) is 5.72. The zero-order valence-electron chi connectivity index (χ0n) is 26.0. The van der Waals surface area contributed by atoms with Crippen molar-refractivity contribution in [1.29, 1.82) is 5.26 Å². The second-order valence-electron chi connectivity index (χ2n) is 12.9. The summed E-state index contributed by atoms with van der Waals surface area (Å²) >= 11 is 0. The molecule has 0 saturated heterocycles. The molecule has 3 aliphatic rings. The molecule has 0 spiro atoms. The summed E-state index contributed by atoms with van der Waals surface area (Å²) in [4.78, 5) is 35.5. The van der Waals surface area contributed by atoms with Crippen LogP contribution in [0.4, 0.5) is 17.6 Å². The molecule has 2 atom stereocenters. The molecular formula is C35H29F4N5O5. The lowest BCUT2D eigenvalue weighted by atomic mass is 9.81. The number of hydrogen-bond acceptors (Lipinski definition) is 8. The topological polar surface area (TPSA) is 146 Å². The van der Waals surface area contributed by atoms with E-state index in [9.17, 15) is 37.5 Å². The van der Waals surface area contributed by atoms with Crippen molar-refractivity contribution in [3.63, 3.8) is 0 Å². The van der Waals surface area contributed by atoms with Crippen LogP contribution in [-0.2, 0) is 15.8 Å². The summed E-state index contributed by atoms with van der Waals surface area (Å²) in [6.45, 7) is -0.211. The first kappa shape index (κ1) is 32.3. The Morgan fingerprint density at radius 1 is 1.14 bits per heavy atom. The number of halogens is 4. The van der Waals surface area contributed by atoms with Crippen LogP contribution in [0.15, 0.2) is 60.8 Å². The average molecular weight is 676 g/mol. The Kier molecular flexibility index (Phi) is 7.51. The lowest BCUT2D eigenvalue weighted by molar-refractivity contribution is -0.265. The number of hydrogen-bond donors (Lipinski definition) is 3. The first-order chi connectivity index (χ1) is 23.2. The lowest BCUT2D eigenvalue weighted by Crippen LogP contribution is -2.52. The molecule has 2 saturated carbocycles. The SMILES string of the molecule is C[C@]1(C(=O)NC2(C#N)CC2)COc2c1cc(C(O)(CNC(=O)c1cc(OC3CC3)c3ncccc3c1)C(F)(F)F)nc2-c1ccc(F)cc1. The Balaban J connectivity index is 1.28. The number of ether oxygens (including phenoxy) is 2. The summed E-state index contributed by atoms with van der Waals surface area (Å²) in [5.74, 6) is -1.92. The predicted octanol–water partition coefficient (Wildman–Crippen LogP) is 4.98. The second kappa shape index (κ2) is 11.4. The van der Waals surface area contributed by atoms with Crippen LogP contribution in [0.5, 0.6) is 11.5 Å². The zero-order chi connectivity index (χ0) is 34.8. The van der Waals surface area contributed by atoms with Crippen molar-refractivity contribution in [2.24, 2.45) is 0 Å². The molecule has 10 nitrogen and oxygen atoms in total. The number of pyridine rings is 2. The van der Waals surface area contributed by atoms with E-state index >= 15 is 0 Å². The number of nitrogens with one attached hydrogen (secondary N) is 2. The van der Waals surface area contributed by atoms with Crippen LogP contribution in [0.3, 0.4) is 0 Å². The Hall–Kier alpha value is -5.29. The molecular weight excluding hydrogens is 646 g/mol. The number of aromatic nitrogens is 2. The van der Waals surface area contributed by atoms with Crippen molar-refractivity contribution in [1.82, 2.24) is 20.6 Å². The minimum Gasteiger partial charge on any atom is -0.489 e. The summed E-state index contributed by atoms with van der Waals surface area (Å²) < 4.78 is 70.5. The van der Waals surface area contributed by atoms with Crippen LogP contribution in [0.2, 0.25) is 0 Å². The summed E-state index contributed by atoms with van der Waals surface area (Å²) in [6.07, 6.45) is -1.40. The number of benzene rings is 2. The first-order valence-corrected chi connectivity index (χ1v) is 15.6. The van der Waals surface area contributed by atoms with Gasteiger partial charge in [-0.1, -0.05) is 6.07 Å². The monoisotopic (exact) mass is 675 g/mol. The number of amides is 2. The van der Waals surface area contributed by atoms with E-state index in [-0.39, 0.29) is 40.8 Å². The number of carbonyl (C=O) groups excluding carboxylic acids is 2. The quantitative estimate of drug-likeness (QED) is 0.211. The maximum Gasteiger partial charge on any atom is 0.424 e. The van der Waals surface area contributed by atoms with Crippen LogP contribution >= 0.6 is 0 Å². The van der Waals surface area contributed by atoms with E-state index in [0.29, 0.717) is 29.5 Å². The van der Waals surface area contributed by atoms with Crippen molar-refractivity contribution in [3.8, 4) is 28.8 Å². The standard InChI is InChI=1S/C35H29F4N5O5/c1-32(31(46)44-33(16-40)10-11-33)18-48-29-24(32)15-26(43-28(29)19-4-6-22(36)7-5-19)34(47,35(37,38)39)17-42-30(45)21-13-20-3-2-12-41-27(20)25(14-21)49-23-8-9-23/h2-7,12-15,23,47H,8-11,17-18H2,1H3,(H,42,45)(H,44,46)/t32-,34?/m0/s1. The molecule has 3 N–H and O–H groups in total. The van der Waals surface area contributed by atoms with Gasteiger partial charge in [0.2, 0.25) is 11.5 Å². The molecule has 1 aliphatic heterocycles. The van der Waals surface area contributed by atoms with Gasteiger partial charge in [0.25, 0.3) is 5.91 Å². The number of alkyl halides is 3. The van der Waals surface area contributed by atoms with Gasteiger partial charge in [-0.3, -0.25) is 14.6 Å². The number of rotatable bonds is 9. The Morgan fingerprint density at radius 3 is 2.53 bits per heavy atom. The Morgan fingerprint density at radius 2 is 1.88 bits per heavy atom. The molecule has 0 bridgehead atoms. The van der Waals surface area contributed by atoms with Crippen LogP contribution in [0.1, 0.15) is 54.2 Å². The van der Waals surface area contributed by atoms with Crippen LogP contribution in [-0.4, -0.2) is 57.9 Å². The van der Waals surface area contributed by atoms with E-state index in [1.165, 1.54) is 31.2 Å². The fourth-order valence-corrected chi connectivity index (χ4v) is 5.72. The third-order valence-electron chi connectivity index (χ3n) is 9.16. The second-order valence-corrected chi connectivity index (χ2v) is 12.9. The van der Waals surface area contributed by atoms with Crippen molar-refractivity contribution in [2.45, 2.75) is 61.4 Å². The summed E-state index contributed by atoms with van der Waals surface area (Å²) in [7, 11) is 0. The van der Waals surface area contributed by atoms with Crippen molar-refractivity contribution >= 4 is 22.7 Å². The van der Waals surface area contributed by atoms with Gasteiger partial charge in [-0.25, -0.2) is 9.37 Å². The molecule has 2 aromatic carbocycles. The highest BCUT2D eigenvalue weighted by Gasteiger charge is 2.58. The number of carbonyl (C=O) groups is 2. The van der Waals surface area contributed by atoms with E-state index in [1.807, 2.05) is 0 Å². The fraction of sp³-hybridized carbons (Fsp3) is 0.343. The van der Waals surface area contributed by atoms with E-state index in [4.69, 9.17) is 9.47 Å². The molecule has 0 radical (unpaired) electrons. The van der Waals surface area contributed by atoms with Crippen molar-refractivity contribution in [3.05, 3.63) is 83.4 Å². The maximum absolute atomic E-state index is 15.0.